The summed E-state index contributed by atoms with van der Waals surface area (Å²) in [5.41, 5.74) is 6.83. The summed E-state index contributed by atoms with van der Waals surface area (Å²) in [4.78, 5) is 17.8. The van der Waals surface area contributed by atoms with Crippen molar-refractivity contribution < 1.29 is 19.0 Å². The molecule has 2 unspecified atom stereocenters. The monoisotopic (exact) mass is 331 g/mol. The van der Waals surface area contributed by atoms with E-state index < -0.39 is 12.3 Å². The Kier molecular flexibility index (Phi) is 4.73. The van der Waals surface area contributed by atoms with Crippen molar-refractivity contribution in [2.75, 3.05) is 13.1 Å². The maximum absolute atomic E-state index is 13.4. The SMILES string of the molecule is NCc1ccnc(Oc2cccc(C(=O)N3CC(O)C(F)C3)c2)c1. The quantitative estimate of drug-likeness (QED) is 0.886. The number of amides is 1. The number of aliphatic hydroxyl groups is 1. The van der Waals surface area contributed by atoms with Crippen LogP contribution in [0.25, 0.3) is 0 Å². The first-order valence-electron chi connectivity index (χ1n) is 7.61. The molecule has 3 rings (SSSR count). The maximum Gasteiger partial charge on any atom is 0.254 e. The third-order valence-corrected chi connectivity index (χ3v) is 3.85. The number of β-amino-alcohol motifs (C(OH)–C–C–N with tert-alkyl or cyclic N) is 1. The molecule has 2 atom stereocenters. The number of nitrogens with two attached hydrogens (primary N) is 1. The predicted molar refractivity (Wildman–Crippen MR) is 85.5 cm³/mol. The Morgan fingerprint density at radius 2 is 2.21 bits per heavy atom. The van der Waals surface area contributed by atoms with E-state index in [1.165, 1.54) is 4.90 Å². The van der Waals surface area contributed by atoms with E-state index in [2.05, 4.69) is 4.98 Å². The molecule has 0 bridgehead atoms. The fraction of sp³-hybridized carbons (Fsp3) is 0.294. The van der Waals surface area contributed by atoms with Crippen molar-refractivity contribution in [2.45, 2.75) is 18.8 Å². The Balaban J connectivity index is 1.75. The fourth-order valence-electron chi connectivity index (χ4n) is 2.54. The largest absolute Gasteiger partial charge is 0.439 e. The van der Waals surface area contributed by atoms with Crippen LogP contribution in [0.3, 0.4) is 0 Å². The van der Waals surface area contributed by atoms with Crippen LogP contribution in [0.15, 0.2) is 42.6 Å². The number of benzene rings is 1. The zero-order chi connectivity index (χ0) is 17.1. The van der Waals surface area contributed by atoms with Gasteiger partial charge in [0.15, 0.2) is 0 Å². The Morgan fingerprint density at radius 1 is 1.38 bits per heavy atom. The van der Waals surface area contributed by atoms with Crippen molar-refractivity contribution in [1.29, 1.82) is 0 Å². The lowest BCUT2D eigenvalue weighted by Gasteiger charge is -2.15. The van der Waals surface area contributed by atoms with Gasteiger partial charge in [0, 0.05) is 30.9 Å². The van der Waals surface area contributed by atoms with Crippen LogP contribution in [-0.2, 0) is 6.54 Å². The number of pyridine rings is 1. The van der Waals surface area contributed by atoms with Crippen LogP contribution in [0, 0.1) is 0 Å². The van der Waals surface area contributed by atoms with Crippen molar-refractivity contribution in [3.8, 4) is 11.6 Å². The number of halogens is 1. The number of ether oxygens (including phenoxy) is 1. The van der Waals surface area contributed by atoms with Gasteiger partial charge in [-0.3, -0.25) is 4.79 Å². The van der Waals surface area contributed by atoms with E-state index in [-0.39, 0.29) is 19.0 Å². The molecule has 126 valence electrons. The molecule has 1 aliphatic rings. The Bertz CT molecular complexity index is 731. The Labute approximate surface area is 138 Å². The van der Waals surface area contributed by atoms with Crippen LogP contribution in [0.2, 0.25) is 0 Å². The normalized spacial score (nSPS) is 20.2. The topological polar surface area (TPSA) is 88.7 Å². The highest BCUT2D eigenvalue weighted by molar-refractivity contribution is 5.94. The highest BCUT2D eigenvalue weighted by Crippen LogP contribution is 2.23. The molecule has 1 aromatic carbocycles. The van der Waals surface area contributed by atoms with E-state index >= 15 is 0 Å². The van der Waals surface area contributed by atoms with Crippen molar-refractivity contribution in [3.63, 3.8) is 0 Å². The second kappa shape index (κ2) is 6.94. The number of likely N-dealkylation sites (tertiary alicyclic amines) is 1. The summed E-state index contributed by atoms with van der Waals surface area (Å²) in [6, 6.07) is 10.1. The molecular formula is C17H18FN3O3. The van der Waals surface area contributed by atoms with Gasteiger partial charge in [0.25, 0.3) is 5.91 Å². The number of rotatable bonds is 4. The summed E-state index contributed by atoms with van der Waals surface area (Å²) in [5.74, 6) is 0.477. The van der Waals surface area contributed by atoms with Crippen LogP contribution >= 0.6 is 0 Å². The van der Waals surface area contributed by atoms with E-state index in [1.54, 1.807) is 42.6 Å². The summed E-state index contributed by atoms with van der Waals surface area (Å²) < 4.78 is 19.1. The van der Waals surface area contributed by atoms with Crippen molar-refractivity contribution in [3.05, 3.63) is 53.7 Å². The second-order valence-corrected chi connectivity index (χ2v) is 5.63. The third-order valence-electron chi connectivity index (χ3n) is 3.85. The summed E-state index contributed by atoms with van der Waals surface area (Å²) in [7, 11) is 0. The highest BCUT2D eigenvalue weighted by Gasteiger charge is 2.34. The number of aliphatic hydroxyl groups excluding tert-OH is 1. The lowest BCUT2D eigenvalue weighted by Crippen LogP contribution is -2.29. The van der Waals surface area contributed by atoms with Gasteiger partial charge in [0.05, 0.1) is 6.54 Å². The molecule has 1 amide bonds. The van der Waals surface area contributed by atoms with Crippen LogP contribution in [-0.4, -0.2) is 46.3 Å². The number of hydrogen-bond donors (Lipinski definition) is 2. The van der Waals surface area contributed by atoms with Gasteiger partial charge in [-0.05, 0) is 29.8 Å². The van der Waals surface area contributed by atoms with Crippen LogP contribution in [0.5, 0.6) is 11.6 Å². The van der Waals surface area contributed by atoms with Gasteiger partial charge in [-0.15, -0.1) is 0 Å². The van der Waals surface area contributed by atoms with Gasteiger partial charge in [-0.1, -0.05) is 6.07 Å². The van der Waals surface area contributed by atoms with E-state index in [0.717, 1.165) is 5.56 Å². The maximum atomic E-state index is 13.4. The molecule has 0 aliphatic carbocycles. The molecule has 1 fully saturated rings. The molecule has 1 aliphatic heterocycles. The number of nitrogens with zero attached hydrogens (tertiary/aromatic N) is 2. The highest BCUT2D eigenvalue weighted by atomic mass is 19.1. The lowest BCUT2D eigenvalue weighted by molar-refractivity contribution is 0.0764. The molecular weight excluding hydrogens is 313 g/mol. The molecule has 7 heteroatoms. The number of aromatic nitrogens is 1. The van der Waals surface area contributed by atoms with Gasteiger partial charge in [-0.25, -0.2) is 9.37 Å². The van der Waals surface area contributed by atoms with Gasteiger partial charge >= 0.3 is 0 Å². The molecule has 3 N–H and O–H groups in total. The standard InChI is InChI=1S/C17H18FN3O3/c18-14-9-21(10-15(14)22)17(23)12-2-1-3-13(7-12)24-16-6-11(8-19)4-5-20-16/h1-7,14-15,22H,8-10,19H2. The van der Waals surface area contributed by atoms with Gasteiger partial charge in [0.1, 0.15) is 18.0 Å². The lowest BCUT2D eigenvalue weighted by atomic mass is 10.2. The van der Waals surface area contributed by atoms with Gasteiger partial charge in [0.2, 0.25) is 5.88 Å². The minimum absolute atomic E-state index is 0.00874. The summed E-state index contributed by atoms with van der Waals surface area (Å²) in [6.07, 6.45) is -0.937. The molecule has 6 nitrogen and oxygen atoms in total. The van der Waals surface area contributed by atoms with E-state index in [9.17, 15) is 14.3 Å². The summed E-state index contributed by atoms with van der Waals surface area (Å²) in [6.45, 7) is 0.259. The number of carbonyl (C=O) groups excluding carboxylic acids is 1. The molecule has 2 aromatic rings. The van der Waals surface area contributed by atoms with E-state index in [4.69, 9.17) is 10.5 Å². The van der Waals surface area contributed by atoms with Gasteiger partial charge in [-0.2, -0.15) is 0 Å². The van der Waals surface area contributed by atoms with Crippen LogP contribution < -0.4 is 10.5 Å². The van der Waals surface area contributed by atoms with E-state index in [1.807, 2.05) is 0 Å². The zero-order valence-electron chi connectivity index (χ0n) is 12.9. The summed E-state index contributed by atoms with van der Waals surface area (Å²) >= 11 is 0. The number of carbonyl (C=O) groups is 1. The van der Waals surface area contributed by atoms with Gasteiger partial charge < -0.3 is 20.5 Å². The zero-order valence-corrected chi connectivity index (χ0v) is 12.9. The summed E-state index contributed by atoms with van der Waals surface area (Å²) in [5, 5.41) is 9.45. The first-order chi connectivity index (χ1) is 11.6. The average Bonchev–Trinajstić information content (AvgIpc) is 2.93. The second-order valence-electron chi connectivity index (χ2n) is 5.63. The first-order valence-corrected chi connectivity index (χ1v) is 7.61. The smallest absolute Gasteiger partial charge is 0.254 e. The number of alkyl halides is 1. The number of hydrogen-bond acceptors (Lipinski definition) is 5. The van der Waals surface area contributed by atoms with Crippen LogP contribution in [0.4, 0.5) is 4.39 Å². The third kappa shape index (κ3) is 3.52. The van der Waals surface area contributed by atoms with Crippen molar-refractivity contribution in [2.24, 2.45) is 5.73 Å². The molecule has 0 radical (unpaired) electrons. The molecule has 0 saturated carbocycles. The minimum Gasteiger partial charge on any atom is -0.439 e. The molecule has 1 saturated heterocycles. The minimum atomic E-state index is -1.41. The van der Waals surface area contributed by atoms with Crippen molar-refractivity contribution >= 4 is 5.91 Å². The molecule has 0 spiro atoms. The average molecular weight is 331 g/mol. The van der Waals surface area contributed by atoms with Crippen molar-refractivity contribution in [1.82, 2.24) is 9.88 Å². The Hall–Kier alpha value is -2.51. The molecule has 2 heterocycles. The van der Waals surface area contributed by atoms with E-state index in [0.29, 0.717) is 23.7 Å². The van der Waals surface area contributed by atoms with Crippen LogP contribution in [0.1, 0.15) is 15.9 Å². The Morgan fingerprint density at radius 3 is 2.92 bits per heavy atom. The molecule has 24 heavy (non-hydrogen) atoms. The molecule has 1 aromatic heterocycles. The fourth-order valence-corrected chi connectivity index (χ4v) is 2.54. The first kappa shape index (κ1) is 16.4. The predicted octanol–water partition coefficient (Wildman–Crippen LogP) is 1.49.